The Kier molecular flexibility index (Phi) is 11.5. The van der Waals surface area contributed by atoms with Gasteiger partial charge in [0.25, 0.3) is 11.8 Å². The molecule has 0 spiro atoms. The van der Waals surface area contributed by atoms with Crippen molar-refractivity contribution in [3.63, 3.8) is 0 Å². The summed E-state index contributed by atoms with van der Waals surface area (Å²) in [5.41, 5.74) is 2.31. The van der Waals surface area contributed by atoms with Gasteiger partial charge < -0.3 is 30.4 Å². The van der Waals surface area contributed by atoms with Crippen LogP contribution in [-0.2, 0) is 0 Å². The minimum Gasteiger partial charge on any atom is -0.545 e. The minimum atomic E-state index is -1.24. The molecule has 0 bridgehead atoms. The first-order valence-corrected chi connectivity index (χ1v) is 10.7. The molecule has 0 fully saturated rings. The number of benzene rings is 4. The van der Waals surface area contributed by atoms with Crippen LogP contribution < -0.4 is 20.8 Å². The topological polar surface area (TPSA) is 138 Å². The molecule has 0 aliphatic heterocycles. The van der Waals surface area contributed by atoms with Gasteiger partial charge in [0.05, 0.1) is 11.9 Å². The van der Waals surface area contributed by atoms with Gasteiger partial charge in [0.2, 0.25) is 0 Å². The molecule has 2 N–H and O–H groups in total. The van der Waals surface area contributed by atoms with E-state index in [9.17, 15) is 29.4 Å². The summed E-state index contributed by atoms with van der Waals surface area (Å²) in [5, 5.41) is 26.5. The molecular weight excluding hydrogens is 500 g/mol. The molecule has 0 aromatic heterocycles. The number of carbonyl (C=O) groups is 4. The van der Waals surface area contributed by atoms with E-state index in [2.05, 4.69) is 10.6 Å². The summed E-state index contributed by atoms with van der Waals surface area (Å²) >= 11 is 0. The monoisotopic (exact) mass is 520 g/mol. The van der Waals surface area contributed by atoms with Crippen molar-refractivity contribution < 1.29 is 29.4 Å². The number of rotatable bonds is 6. The molecular formula is C28H20CaN2O6. The first-order valence-electron chi connectivity index (χ1n) is 10.7. The molecule has 0 heterocycles. The zero-order valence-corrected chi connectivity index (χ0v) is 21.8. The van der Waals surface area contributed by atoms with Crippen LogP contribution in [0.3, 0.4) is 0 Å². The number of aromatic carboxylic acids is 2. The van der Waals surface area contributed by atoms with Gasteiger partial charge in [-0.05, 0) is 59.7 Å². The van der Waals surface area contributed by atoms with E-state index in [0.29, 0.717) is 22.5 Å². The van der Waals surface area contributed by atoms with Crippen molar-refractivity contribution in [1.82, 2.24) is 0 Å². The number of carbonyl (C=O) groups excluding carboxylic acids is 4. The zero-order valence-electron chi connectivity index (χ0n) is 19.5. The number of hydrogen-bond acceptors (Lipinski definition) is 6. The Bertz CT molecular complexity index is 1240. The van der Waals surface area contributed by atoms with Crippen molar-refractivity contribution in [2.75, 3.05) is 10.6 Å². The van der Waals surface area contributed by atoms with Crippen LogP contribution in [0.25, 0.3) is 0 Å². The molecule has 0 unspecified atom stereocenters. The molecule has 9 heteroatoms. The SMILES string of the molecule is O=C([O-])c1ccc(NC(=O)c2ccccc2)cc1.O=C([O-])c1ccc(NC(=O)c2ccccc2)cc1.[Ca+2]. The van der Waals surface area contributed by atoms with Gasteiger partial charge in [0, 0.05) is 22.5 Å². The van der Waals surface area contributed by atoms with E-state index in [4.69, 9.17) is 0 Å². The summed E-state index contributed by atoms with van der Waals surface area (Å²) in [7, 11) is 0. The molecule has 37 heavy (non-hydrogen) atoms. The zero-order chi connectivity index (χ0) is 25.9. The predicted molar refractivity (Wildman–Crippen MR) is 136 cm³/mol. The van der Waals surface area contributed by atoms with Crippen molar-refractivity contribution in [2.24, 2.45) is 0 Å². The van der Waals surface area contributed by atoms with E-state index in [1.165, 1.54) is 48.5 Å². The summed E-state index contributed by atoms with van der Waals surface area (Å²) in [4.78, 5) is 44.7. The first kappa shape index (κ1) is 29.3. The van der Waals surface area contributed by atoms with E-state index in [-0.39, 0.29) is 60.7 Å². The van der Waals surface area contributed by atoms with Gasteiger partial charge in [0.1, 0.15) is 0 Å². The first-order chi connectivity index (χ1) is 17.3. The molecule has 2 amide bonds. The average Bonchev–Trinajstić information content (AvgIpc) is 2.90. The van der Waals surface area contributed by atoms with Crippen LogP contribution in [0.5, 0.6) is 0 Å². The molecule has 0 saturated carbocycles. The Hall–Kier alpha value is -3.98. The Balaban J connectivity index is 0.000000253. The van der Waals surface area contributed by atoms with Crippen LogP contribution >= 0.6 is 0 Å². The molecule has 4 aromatic carbocycles. The number of hydrogen-bond donors (Lipinski definition) is 2. The fraction of sp³-hybridized carbons (Fsp3) is 0. The van der Waals surface area contributed by atoms with Crippen LogP contribution in [0, 0.1) is 0 Å². The fourth-order valence-corrected chi connectivity index (χ4v) is 2.96. The van der Waals surface area contributed by atoms with Gasteiger partial charge in [-0.15, -0.1) is 0 Å². The van der Waals surface area contributed by atoms with Crippen LogP contribution in [0.15, 0.2) is 109 Å². The van der Waals surface area contributed by atoms with Gasteiger partial charge in [-0.1, -0.05) is 60.7 Å². The smallest absolute Gasteiger partial charge is 0.545 e. The van der Waals surface area contributed by atoms with Gasteiger partial charge in [-0.3, -0.25) is 9.59 Å². The Morgan fingerprint density at radius 1 is 0.432 bits per heavy atom. The second kappa shape index (κ2) is 14.5. The summed E-state index contributed by atoms with van der Waals surface area (Å²) in [6.07, 6.45) is 0. The fourth-order valence-electron chi connectivity index (χ4n) is 2.96. The maximum Gasteiger partial charge on any atom is 2.00 e. The standard InChI is InChI=1S/2C14H11NO3.Ca/c2*16-13(10-4-2-1-3-5-10)15-12-8-6-11(7-9-12)14(17)18;/h2*1-9H,(H,15,16)(H,17,18);/q;;+2/p-2. The van der Waals surface area contributed by atoms with Crippen molar-refractivity contribution >= 4 is 72.9 Å². The van der Waals surface area contributed by atoms with Crippen LogP contribution in [-0.4, -0.2) is 61.5 Å². The Labute approximate surface area is 243 Å². The summed E-state index contributed by atoms with van der Waals surface area (Å²) in [6.45, 7) is 0. The van der Waals surface area contributed by atoms with Gasteiger partial charge >= 0.3 is 37.7 Å². The number of amides is 2. The molecule has 180 valence electrons. The molecule has 8 nitrogen and oxygen atoms in total. The predicted octanol–water partition coefficient (Wildman–Crippen LogP) is 2.22. The van der Waals surface area contributed by atoms with Gasteiger partial charge in [-0.2, -0.15) is 0 Å². The number of nitrogens with one attached hydrogen (secondary N) is 2. The third-order valence-electron chi connectivity index (χ3n) is 4.83. The van der Waals surface area contributed by atoms with Crippen molar-refractivity contribution in [2.45, 2.75) is 0 Å². The maximum atomic E-state index is 11.8. The second-order valence-corrected chi connectivity index (χ2v) is 7.37. The van der Waals surface area contributed by atoms with Crippen molar-refractivity contribution in [1.29, 1.82) is 0 Å². The molecule has 0 aliphatic rings. The molecule has 0 radical (unpaired) electrons. The average molecular weight is 521 g/mol. The second-order valence-electron chi connectivity index (χ2n) is 7.37. The van der Waals surface area contributed by atoms with E-state index < -0.39 is 11.9 Å². The number of carboxylic acids is 2. The molecule has 4 aromatic rings. The summed E-state index contributed by atoms with van der Waals surface area (Å²) in [6, 6.07) is 29.2. The van der Waals surface area contributed by atoms with Crippen molar-refractivity contribution in [3.8, 4) is 0 Å². The van der Waals surface area contributed by atoms with Crippen LogP contribution in [0.4, 0.5) is 11.4 Å². The van der Waals surface area contributed by atoms with E-state index >= 15 is 0 Å². The van der Waals surface area contributed by atoms with Crippen molar-refractivity contribution in [3.05, 3.63) is 131 Å². The largest absolute Gasteiger partial charge is 2.00 e. The van der Waals surface area contributed by atoms with Gasteiger partial charge in [0.15, 0.2) is 0 Å². The molecule has 0 aliphatic carbocycles. The third-order valence-corrected chi connectivity index (χ3v) is 4.83. The number of carboxylic acid groups (broad SMARTS) is 2. The molecule has 4 rings (SSSR count). The normalized spacial score (nSPS) is 9.51. The minimum absolute atomic E-state index is 0. The Morgan fingerprint density at radius 2 is 0.730 bits per heavy atom. The summed E-state index contributed by atoms with van der Waals surface area (Å²) < 4.78 is 0. The Morgan fingerprint density at radius 3 is 1.00 bits per heavy atom. The van der Waals surface area contributed by atoms with E-state index in [0.717, 1.165) is 0 Å². The van der Waals surface area contributed by atoms with Crippen LogP contribution in [0.1, 0.15) is 41.4 Å². The maximum absolute atomic E-state index is 11.8. The van der Waals surface area contributed by atoms with Crippen LogP contribution in [0.2, 0.25) is 0 Å². The summed E-state index contributed by atoms with van der Waals surface area (Å²) in [5.74, 6) is -2.96. The number of anilines is 2. The molecule has 0 saturated heterocycles. The van der Waals surface area contributed by atoms with Gasteiger partial charge in [-0.25, -0.2) is 0 Å². The quantitative estimate of drug-likeness (QED) is 0.374. The van der Waals surface area contributed by atoms with E-state index in [1.807, 2.05) is 12.1 Å². The van der Waals surface area contributed by atoms with E-state index in [1.54, 1.807) is 48.5 Å². The molecule has 0 atom stereocenters. The third kappa shape index (κ3) is 9.19.